The van der Waals surface area contributed by atoms with Crippen molar-refractivity contribution in [3.8, 4) is 33.6 Å². The molecule has 0 aliphatic carbocycles. The number of pyridine rings is 3. The van der Waals surface area contributed by atoms with Crippen LogP contribution in [0.15, 0.2) is 90.2 Å². The van der Waals surface area contributed by atoms with Gasteiger partial charge in [-0.3, -0.25) is 14.2 Å². The van der Waals surface area contributed by atoms with Gasteiger partial charge in [0.15, 0.2) is 0 Å². The standard InChI is InChI=1S/C27H24N4O/c1-18(2)12-22-13-23(16-30-27(22)32)20-9-11-31-25(17-29-26(31)15-20)21-8-10-28-24(14-21)19-6-4-3-5-7-19/h3-11,13-18H,12H2,1-2H3,(H,30,32). The Hall–Kier alpha value is -3.99. The number of benzene rings is 1. The minimum Gasteiger partial charge on any atom is -0.328 e. The Morgan fingerprint density at radius 1 is 0.906 bits per heavy atom. The average Bonchev–Trinajstić information content (AvgIpc) is 3.24. The molecule has 0 aliphatic rings. The largest absolute Gasteiger partial charge is 0.328 e. The van der Waals surface area contributed by atoms with Gasteiger partial charge in [-0.1, -0.05) is 44.2 Å². The molecule has 0 amide bonds. The lowest BCUT2D eigenvalue weighted by molar-refractivity contribution is 0.642. The van der Waals surface area contributed by atoms with Gasteiger partial charge in [0, 0.05) is 35.3 Å². The molecule has 0 fully saturated rings. The Balaban J connectivity index is 1.53. The minimum atomic E-state index is -0.0152. The van der Waals surface area contributed by atoms with Gasteiger partial charge in [-0.15, -0.1) is 0 Å². The highest BCUT2D eigenvalue weighted by Gasteiger charge is 2.11. The van der Waals surface area contributed by atoms with Crippen molar-refractivity contribution in [1.82, 2.24) is 19.4 Å². The first-order valence-electron chi connectivity index (χ1n) is 10.8. The second kappa shape index (κ2) is 8.27. The van der Waals surface area contributed by atoms with Crippen LogP contribution < -0.4 is 5.56 Å². The third-order valence-corrected chi connectivity index (χ3v) is 5.58. The van der Waals surface area contributed by atoms with Crippen LogP contribution in [0, 0.1) is 5.92 Å². The first-order chi connectivity index (χ1) is 15.6. The highest BCUT2D eigenvalue weighted by Crippen LogP contribution is 2.27. The molecule has 4 aromatic heterocycles. The molecular weight excluding hydrogens is 396 g/mol. The second-order valence-corrected chi connectivity index (χ2v) is 8.42. The summed E-state index contributed by atoms with van der Waals surface area (Å²) in [4.78, 5) is 24.2. The molecule has 0 aliphatic heterocycles. The van der Waals surface area contributed by atoms with E-state index in [4.69, 9.17) is 0 Å². The Labute approximate surface area is 186 Å². The van der Waals surface area contributed by atoms with Crippen LogP contribution in [0.2, 0.25) is 0 Å². The van der Waals surface area contributed by atoms with E-state index in [9.17, 15) is 4.79 Å². The van der Waals surface area contributed by atoms with Crippen LogP contribution in [0.5, 0.6) is 0 Å². The lowest BCUT2D eigenvalue weighted by Crippen LogP contribution is -2.14. The monoisotopic (exact) mass is 420 g/mol. The van der Waals surface area contributed by atoms with Gasteiger partial charge in [0.1, 0.15) is 5.65 Å². The van der Waals surface area contributed by atoms with Gasteiger partial charge in [-0.2, -0.15) is 0 Å². The van der Waals surface area contributed by atoms with E-state index in [0.29, 0.717) is 5.92 Å². The molecule has 0 saturated carbocycles. The molecule has 32 heavy (non-hydrogen) atoms. The van der Waals surface area contributed by atoms with Crippen LogP contribution in [-0.4, -0.2) is 19.4 Å². The summed E-state index contributed by atoms with van der Waals surface area (Å²) in [6.45, 7) is 4.24. The molecule has 5 rings (SSSR count). The summed E-state index contributed by atoms with van der Waals surface area (Å²) in [6.07, 6.45) is 8.28. The molecule has 0 unspecified atom stereocenters. The average molecular weight is 421 g/mol. The van der Waals surface area contributed by atoms with Crippen LogP contribution in [0.4, 0.5) is 0 Å². The molecule has 5 nitrogen and oxygen atoms in total. The predicted molar refractivity (Wildman–Crippen MR) is 128 cm³/mol. The Kier molecular flexibility index (Phi) is 5.15. The van der Waals surface area contributed by atoms with E-state index in [1.807, 2.05) is 48.9 Å². The molecule has 158 valence electrons. The predicted octanol–water partition coefficient (Wildman–Crippen LogP) is 5.62. The van der Waals surface area contributed by atoms with Gasteiger partial charge in [0.25, 0.3) is 5.56 Å². The van der Waals surface area contributed by atoms with Gasteiger partial charge >= 0.3 is 0 Å². The topological polar surface area (TPSA) is 63.1 Å². The summed E-state index contributed by atoms with van der Waals surface area (Å²) in [7, 11) is 0. The zero-order valence-electron chi connectivity index (χ0n) is 18.1. The number of aromatic nitrogens is 4. The van der Waals surface area contributed by atoms with E-state index in [1.165, 1.54) is 0 Å². The summed E-state index contributed by atoms with van der Waals surface area (Å²) in [5, 5.41) is 0. The van der Waals surface area contributed by atoms with Gasteiger partial charge in [0.05, 0.1) is 17.6 Å². The fourth-order valence-corrected chi connectivity index (χ4v) is 4.02. The molecule has 1 aromatic carbocycles. The minimum absolute atomic E-state index is 0.0152. The van der Waals surface area contributed by atoms with Crippen molar-refractivity contribution in [2.45, 2.75) is 20.3 Å². The van der Waals surface area contributed by atoms with Crippen LogP contribution >= 0.6 is 0 Å². The molecule has 0 atom stereocenters. The van der Waals surface area contributed by atoms with Crippen molar-refractivity contribution >= 4 is 5.65 Å². The first-order valence-corrected chi connectivity index (χ1v) is 10.8. The summed E-state index contributed by atoms with van der Waals surface area (Å²) >= 11 is 0. The molecule has 4 heterocycles. The van der Waals surface area contributed by atoms with Crippen molar-refractivity contribution in [3.63, 3.8) is 0 Å². The van der Waals surface area contributed by atoms with Crippen molar-refractivity contribution < 1.29 is 0 Å². The van der Waals surface area contributed by atoms with Crippen LogP contribution in [0.25, 0.3) is 39.3 Å². The van der Waals surface area contributed by atoms with E-state index >= 15 is 0 Å². The smallest absolute Gasteiger partial charge is 0.251 e. The van der Waals surface area contributed by atoms with Crippen molar-refractivity contribution in [3.05, 3.63) is 101 Å². The maximum Gasteiger partial charge on any atom is 0.251 e. The number of rotatable bonds is 5. The summed E-state index contributed by atoms with van der Waals surface area (Å²) in [5.41, 5.74) is 7.74. The van der Waals surface area contributed by atoms with Gasteiger partial charge < -0.3 is 4.98 Å². The summed E-state index contributed by atoms with van der Waals surface area (Å²) in [6, 6.07) is 20.4. The van der Waals surface area contributed by atoms with E-state index < -0.39 is 0 Å². The number of aromatic amines is 1. The fraction of sp³-hybridized carbons (Fsp3) is 0.148. The number of H-pyrrole nitrogens is 1. The molecule has 0 radical (unpaired) electrons. The zero-order chi connectivity index (χ0) is 22.1. The number of imidazole rings is 1. The highest BCUT2D eigenvalue weighted by atomic mass is 16.1. The molecule has 5 heteroatoms. The Morgan fingerprint density at radius 2 is 1.75 bits per heavy atom. The molecule has 0 saturated heterocycles. The van der Waals surface area contributed by atoms with E-state index in [0.717, 1.165) is 51.3 Å². The fourth-order valence-electron chi connectivity index (χ4n) is 4.02. The molecule has 0 bridgehead atoms. The van der Waals surface area contributed by atoms with Crippen LogP contribution in [0.1, 0.15) is 19.4 Å². The van der Waals surface area contributed by atoms with Crippen molar-refractivity contribution in [1.29, 1.82) is 0 Å². The van der Waals surface area contributed by atoms with E-state index in [-0.39, 0.29) is 5.56 Å². The lowest BCUT2D eigenvalue weighted by atomic mass is 10.0. The molecule has 1 N–H and O–H groups in total. The maximum atomic E-state index is 12.2. The number of fused-ring (bicyclic) bond motifs is 1. The Morgan fingerprint density at radius 3 is 2.56 bits per heavy atom. The highest BCUT2D eigenvalue weighted by molar-refractivity contribution is 5.73. The molecule has 0 spiro atoms. The first kappa shape index (κ1) is 19.9. The van der Waals surface area contributed by atoms with Crippen molar-refractivity contribution in [2.24, 2.45) is 5.92 Å². The van der Waals surface area contributed by atoms with Gasteiger partial charge in [0.2, 0.25) is 0 Å². The molecular formula is C27H24N4O. The SMILES string of the molecule is CC(C)Cc1cc(-c2ccn3c(-c4ccnc(-c5ccccc5)c4)cnc3c2)c[nH]c1=O. The quantitative estimate of drug-likeness (QED) is 0.402. The normalized spacial score (nSPS) is 11.3. The van der Waals surface area contributed by atoms with E-state index in [2.05, 4.69) is 63.5 Å². The number of nitrogens with one attached hydrogen (secondary N) is 1. The zero-order valence-corrected chi connectivity index (χ0v) is 18.1. The third-order valence-electron chi connectivity index (χ3n) is 5.58. The molecule has 5 aromatic rings. The third kappa shape index (κ3) is 3.85. The van der Waals surface area contributed by atoms with Gasteiger partial charge in [-0.25, -0.2) is 4.98 Å². The lowest BCUT2D eigenvalue weighted by Gasteiger charge is -2.08. The number of hydrogen-bond acceptors (Lipinski definition) is 3. The summed E-state index contributed by atoms with van der Waals surface area (Å²) < 4.78 is 2.08. The summed E-state index contributed by atoms with van der Waals surface area (Å²) in [5.74, 6) is 0.421. The number of nitrogens with zero attached hydrogens (tertiary/aromatic N) is 3. The van der Waals surface area contributed by atoms with Crippen LogP contribution in [-0.2, 0) is 6.42 Å². The van der Waals surface area contributed by atoms with E-state index in [1.54, 1.807) is 6.20 Å². The number of hydrogen-bond donors (Lipinski definition) is 1. The Bertz CT molecular complexity index is 1450. The van der Waals surface area contributed by atoms with Crippen LogP contribution in [0.3, 0.4) is 0 Å². The van der Waals surface area contributed by atoms with Crippen molar-refractivity contribution in [2.75, 3.05) is 0 Å². The second-order valence-electron chi connectivity index (χ2n) is 8.42. The van der Waals surface area contributed by atoms with Gasteiger partial charge in [-0.05, 0) is 53.8 Å². The maximum absolute atomic E-state index is 12.2.